The monoisotopic (exact) mass is 280 g/mol. The number of piperidine rings is 1. The van der Waals surface area contributed by atoms with Gasteiger partial charge in [-0.05, 0) is 19.4 Å². The van der Waals surface area contributed by atoms with Gasteiger partial charge in [-0.15, -0.1) is 0 Å². The maximum atomic E-state index is 11.8. The van der Waals surface area contributed by atoms with Crippen LogP contribution in [0.3, 0.4) is 0 Å². The minimum Gasteiger partial charge on any atom is -0.382 e. The van der Waals surface area contributed by atoms with Crippen LogP contribution in [0.25, 0.3) is 0 Å². The maximum absolute atomic E-state index is 11.8. The molecule has 2 N–H and O–H groups in total. The third-order valence-corrected chi connectivity index (χ3v) is 4.32. The van der Waals surface area contributed by atoms with Crippen LogP contribution < -0.4 is 10.0 Å². The van der Waals surface area contributed by atoms with E-state index in [1.807, 2.05) is 0 Å². The van der Waals surface area contributed by atoms with E-state index in [1.54, 1.807) is 7.11 Å². The molecule has 1 aliphatic rings. The molecule has 1 saturated heterocycles. The summed E-state index contributed by atoms with van der Waals surface area (Å²) in [5, 5.41) is 3.23. The van der Waals surface area contributed by atoms with Gasteiger partial charge in [0.2, 0.25) is 10.0 Å². The maximum Gasteiger partial charge on any atom is 0.213 e. The van der Waals surface area contributed by atoms with Crippen molar-refractivity contribution in [1.82, 2.24) is 10.0 Å². The van der Waals surface area contributed by atoms with E-state index in [1.165, 1.54) is 0 Å². The molecule has 1 heterocycles. The summed E-state index contributed by atoms with van der Waals surface area (Å²) >= 11 is 0. The first kappa shape index (κ1) is 15.8. The van der Waals surface area contributed by atoms with Crippen molar-refractivity contribution in [2.24, 2.45) is 0 Å². The number of ether oxygens (including phenoxy) is 2. The molecule has 1 atom stereocenters. The summed E-state index contributed by atoms with van der Waals surface area (Å²) in [7, 11) is -1.60. The molecule has 6 nitrogen and oxygen atoms in total. The largest absolute Gasteiger partial charge is 0.382 e. The van der Waals surface area contributed by atoms with Gasteiger partial charge in [-0.2, -0.15) is 0 Å². The molecular formula is C11H24N2O4S. The number of hydrogen-bond acceptors (Lipinski definition) is 5. The molecule has 18 heavy (non-hydrogen) atoms. The second-order valence-electron chi connectivity index (χ2n) is 4.43. The average molecular weight is 280 g/mol. The normalized spacial score (nSPS) is 21.1. The minimum atomic E-state index is -3.20. The number of sulfonamides is 1. The van der Waals surface area contributed by atoms with Crippen molar-refractivity contribution in [2.75, 3.05) is 45.8 Å². The van der Waals surface area contributed by atoms with Crippen LogP contribution in [0.4, 0.5) is 0 Å². The second kappa shape index (κ2) is 8.82. The predicted molar refractivity (Wildman–Crippen MR) is 70.1 cm³/mol. The molecule has 0 amide bonds. The Morgan fingerprint density at radius 1 is 1.28 bits per heavy atom. The minimum absolute atomic E-state index is 0.0886. The van der Waals surface area contributed by atoms with Crippen LogP contribution in [0.15, 0.2) is 0 Å². The molecule has 0 aliphatic carbocycles. The van der Waals surface area contributed by atoms with Crippen molar-refractivity contribution >= 4 is 10.0 Å². The zero-order valence-corrected chi connectivity index (χ0v) is 11.8. The first-order chi connectivity index (χ1) is 8.64. The van der Waals surface area contributed by atoms with Crippen molar-refractivity contribution in [3.8, 4) is 0 Å². The van der Waals surface area contributed by atoms with Gasteiger partial charge in [0, 0.05) is 19.7 Å². The predicted octanol–water partition coefficient (Wildman–Crippen LogP) is -0.289. The summed E-state index contributed by atoms with van der Waals surface area (Å²) in [6.45, 7) is 2.63. The molecule has 0 radical (unpaired) electrons. The van der Waals surface area contributed by atoms with Crippen molar-refractivity contribution in [3.63, 3.8) is 0 Å². The van der Waals surface area contributed by atoms with Gasteiger partial charge in [-0.3, -0.25) is 0 Å². The third-order valence-electron chi connectivity index (χ3n) is 2.83. The lowest BCUT2D eigenvalue weighted by Gasteiger charge is -2.23. The van der Waals surface area contributed by atoms with E-state index in [4.69, 9.17) is 9.47 Å². The third kappa shape index (κ3) is 7.27. The fourth-order valence-electron chi connectivity index (χ4n) is 1.90. The Balaban J connectivity index is 2.11. The topological polar surface area (TPSA) is 76.7 Å². The number of rotatable bonds is 9. The Bertz CT molecular complexity index is 302. The smallest absolute Gasteiger partial charge is 0.213 e. The van der Waals surface area contributed by atoms with Crippen molar-refractivity contribution < 1.29 is 17.9 Å². The van der Waals surface area contributed by atoms with Crippen LogP contribution in [0.5, 0.6) is 0 Å². The molecule has 0 aromatic heterocycles. The molecule has 108 valence electrons. The summed E-state index contributed by atoms with van der Waals surface area (Å²) < 4.78 is 36.1. The van der Waals surface area contributed by atoms with Crippen molar-refractivity contribution in [3.05, 3.63) is 0 Å². The summed E-state index contributed by atoms with van der Waals surface area (Å²) in [4.78, 5) is 0. The molecule has 7 heteroatoms. The summed E-state index contributed by atoms with van der Waals surface area (Å²) in [5.41, 5.74) is 0. The zero-order chi connectivity index (χ0) is 13.3. The standard InChI is InChI=1S/C11H24N2O4S/c1-16-8-9-17-7-6-13-18(14,15)10-11-4-2-3-5-12-11/h11-13H,2-10H2,1H3. The van der Waals surface area contributed by atoms with Crippen molar-refractivity contribution in [1.29, 1.82) is 0 Å². The molecule has 0 aromatic rings. The lowest BCUT2D eigenvalue weighted by molar-refractivity contribution is 0.0736. The molecule has 0 saturated carbocycles. The number of methoxy groups -OCH3 is 1. The molecule has 0 bridgehead atoms. The molecule has 1 rings (SSSR count). The highest BCUT2D eigenvalue weighted by molar-refractivity contribution is 7.89. The first-order valence-corrected chi connectivity index (χ1v) is 8.06. The highest BCUT2D eigenvalue weighted by Gasteiger charge is 2.20. The fraction of sp³-hybridized carbons (Fsp3) is 1.00. The Hall–Kier alpha value is -0.210. The van der Waals surface area contributed by atoms with E-state index in [0.29, 0.717) is 26.4 Å². The van der Waals surface area contributed by atoms with E-state index in [0.717, 1.165) is 25.8 Å². The van der Waals surface area contributed by atoms with Gasteiger partial charge in [0.05, 0.1) is 25.6 Å². The van der Waals surface area contributed by atoms with E-state index < -0.39 is 10.0 Å². The molecule has 1 fully saturated rings. The number of nitrogens with one attached hydrogen (secondary N) is 2. The van der Waals surface area contributed by atoms with Crippen LogP contribution in [0, 0.1) is 0 Å². The molecular weight excluding hydrogens is 256 g/mol. The van der Waals surface area contributed by atoms with Crippen LogP contribution in [0.2, 0.25) is 0 Å². The van der Waals surface area contributed by atoms with Crippen LogP contribution in [-0.2, 0) is 19.5 Å². The van der Waals surface area contributed by atoms with Gasteiger partial charge in [0.15, 0.2) is 0 Å². The van der Waals surface area contributed by atoms with E-state index in [2.05, 4.69) is 10.0 Å². The van der Waals surface area contributed by atoms with Gasteiger partial charge in [0.25, 0.3) is 0 Å². The Labute approximate surface area is 109 Å². The van der Waals surface area contributed by atoms with E-state index >= 15 is 0 Å². The van der Waals surface area contributed by atoms with Gasteiger partial charge in [0.1, 0.15) is 0 Å². The highest BCUT2D eigenvalue weighted by Crippen LogP contribution is 2.08. The lowest BCUT2D eigenvalue weighted by Crippen LogP contribution is -2.43. The van der Waals surface area contributed by atoms with Gasteiger partial charge in [-0.1, -0.05) is 6.42 Å². The van der Waals surface area contributed by atoms with Crippen molar-refractivity contribution in [2.45, 2.75) is 25.3 Å². The van der Waals surface area contributed by atoms with E-state index in [9.17, 15) is 8.42 Å². The Morgan fingerprint density at radius 3 is 2.78 bits per heavy atom. The molecule has 0 aromatic carbocycles. The van der Waals surface area contributed by atoms with Gasteiger partial charge in [-0.25, -0.2) is 13.1 Å². The van der Waals surface area contributed by atoms with Crippen LogP contribution >= 0.6 is 0 Å². The second-order valence-corrected chi connectivity index (χ2v) is 6.28. The molecule has 0 spiro atoms. The SMILES string of the molecule is COCCOCCNS(=O)(=O)CC1CCCCN1. The zero-order valence-electron chi connectivity index (χ0n) is 11.0. The number of hydrogen-bond donors (Lipinski definition) is 2. The Kier molecular flexibility index (Phi) is 7.76. The first-order valence-electron chi connectivity index (χ1n) is 6.41. The summed E-state index contributed by atoms with van der Waals surface area (Å²) in [6, 6.07) is 0.0886. The summed E-state index contributed by atoms with van der Waals surface area (Å²) in [6.07, 6.45) is 3.18. The van der Waals surface area contributed by atoms with E-state index in [-0.39, 0.29) is 11.8 Å². The van der Waals surface area contributed by atoms with Crippen LogP contribution in [0.1, 0.15) is 19.3 Å². The van der Waals surface area contributed by atoms with Crippen LogP contribution in [-0.4, -0.2) is 60.2 Å². The Morgan fingerprint density at radius 2 is 2.11 bits per heavy atom. The molecule has 1 unspecified atom stereocenters. The lowest BCUT2D eigenvalue weighted by atomic mass is 10.1. The highest BCUT2D eigenvalue weighted by atomic mass is 32.2. The fourth-order valence-corrected chi connectivity index (χ4v) is 3.23. The van der Waals surface area contributed by atoms with Gasteiger partial charge >= 0.3 is 0 Å². The summed E-state index contributed by atoms with van der Waals surface area (Å²) in [5.74, 6) is 0.158. The quantitative estimate of drug-likeness (QED) is 0.568. The van der Waals surface area contributed by atoms with Gasteiger partial charge < -0.3 is 14.8 Å². The molecule has 1 aliphatic heterocycles. The average Bonchev–Trinajstić information content (AvgIpc) is 2.34.